The topological polar surface area (TPSA) is 9.23 Å². The number of halogens is 1. The number of hydrogen-bond acceptors (Lipinski definition) is 1. The molecule has 1 rings (SSSR count). The summed E-state index contributed by atoms with van der Waals surface area (Å²) in [7, 11) is -1.36. The van der Waals surface area contributed by atoms with Gasteiger partial charge < -0.3 is 4.74 Å². The van der Waals surface area contributed by atoms with Gasteiger partial charge in [0, 0.05) is 3.57 Å². The van der Waals surface area contributed by atoms with Crippen molar-refractivity contribution in [2.75, 3.05) is 6.61 Å². The van der Waals surface area contributed by atoms with Gasteiger partial charge in [-0.15, -0.1) is 5.54 Å². The molecule has 0 radical (unpaired) electrons. The highest BCUT2D eigenvalue weighted by Gasteiger charge is 2.11. The molecule has 0 heterocycles. The highest BCUT2D eigenvalue weighted by atomic mass is 127. The fourth-order valence-corrected chi connectivity index (χ4v) is 3.05. The Morgan fingerprint density at radius 2 is 1.95 bits per heavy atom. The fraction of sp³-hybridized carbons (Fsp3) is 0.579. The van der Waals surface area contributed by atoms with Crippen LogP contribution in [0.1, 0.15) is 45.1 Å². The molecule has 0 aliphatic carbocycles. The van der Waals surface area contributed by atoms with Crippen molar-refractivity contribution >= 4 is 30.7 Å². The molecule has 0 saturated carbocycles. The van der Waals surface area contributed by atoms with Gasteiger partial charge in [0.05, 0.1) is 12.2 Å². The van der Waals surface area contributed by atoms with Gasteiger partial charge in [0.25, 0.3) is 0 Å². The maximum absolute atomic E-state index is 6.14. The standard InChI is InChI=1S/C19H29IOSi/c1-6-8-9-16(7-2)15-21-19-14-18(20)11-10-17(19)12-13-22(3,4)5/h10-11,14,16H,6-9,15H2,1-5H3. The smallest absolute Gasteiger partial charge is 0.135 e. The molecule has 122 valence electrons. The van der Waals surface area contributed by atoms with Crippen molar-refractivity contribution in [1.29, 1.82) is 0 Å². The Kier molecular flexibility index (Phi) is 8.56. The maximum Gasteiger partial charge on any atom is 0.135 e. The van der Waals surface area contributed by atoms with Crippen molar-refractivity contribution in [2.45, 2.75) is 59.2 Å². The average Bonchev–Trinajstić information content (AvgIpc) is 2.45. The summed E-state index contributed by atoms with van der Waals surface area (Å²) in [4.78, 5) is 0. The van der Waals surface area contributed by atoms with Crippen LogP contribution >= 0.6 is 22.6 Å². The quantitative estimate of drug-likeness (QED) is 0.289. The van der Waals surface area contributed by atoms with Gasteiger partial charge in [-0.2, -0.15) is 0 Å². The number of benzene rings is 1. The van der Waals surface area contributed by atoms with Crippen LogP contribution < -0.4 is 4.74 Å². The second-order valence-electron chi connectivity index (χ2n) is 6.87. The molecule has 0 N–H and O–H groups in total. The van der Waals surface area contributed by atoms with E-state index in [9.17, 15) is 0 Å². The van der Waals surface area contributed by atoms with E-state index in [0.717, 1.165) is 17.9 Å². The molecular weight excluding hydrogens is 399 g/mol. The fourth-order valence-electron chi connectivity index (χ4n) is 2.08. The van der Waals surface area contributed by atoms with Crippen LogP contribution in [0.2, 0.25) is 19.6 Å². The van der Waals surface area contributed by atoms with E-state index < -0.39 is 8.07 Å². The lowest BCUT2D eigenvalue weighted by atomic mass is 10.0. The Hall–Kier alpha value is -0.473. The van der Waals surface area contributed by atoms with E-state index in [1.165, 1.54) is 29.3 Å². The van der Waals surface area contributed by atoms with Crippen LogP contribution in [0, 0.1) is 21.0 Å². The number of unbranched alkanes of at least 4 members (excludes halogenated alkanes) is 1. The zero-order chi connectivity index (χ0) is 16.6. The normalized spacial score (nSPS) is 12.5. The van der Waals surface area contributed by atoms with Crippen LogP contribution in [0.4, 0.5) is 0 Å². The molecule has 0 saturated heterocycles. The third kappa shape index (κ3) is 7.69. The Labute approximate surface area is 151 Å². The minimum absolute atomic E-state index is 0.649. The molecular formula is C19H29IOSi. The first-order chi connectivity index (χ1) is 10.4. The molecule has 0 fully saturated rings. The molecule has 1 nitrogen and oxygen atoms in total. The summed E-state index contributed by atoms with van der Waals surface area (Å²) in [5, 5.41) is 0. The van der Waals surface area contributed by atoms with E-state index in [1.54, 1.807) is 0 Å². The SMILES string of the molecule is CCCCC(CC)COc1cc(I)ccc1C#C[Si](C)(C)C. The summed E-state index contributed by atoms with van der Waals surface area (Å²) in [6, 6.07) is 6.31. The highest BCUT2D eigenvalue weighted by molar-refractivity contribution is 14.1. The minimum atomic E-state index is -1.36. The largest absolute Gasteiger partial charge is 0.492 e. The van der Waals surface area contributed by atoms with E-state index in [0.29, 0.717) is 5.92 Å². The summed E-state index contributed by atoms with van der Waals surface area (Å²) in [5.41, 5.74) is 4.48. The molecule has 0 amide bonds. The first kappa shape index (κ1) is 19.6. The lowest BCUT2D eigenvalue weighted by molar-refractivity contribution is 0.232. The van der Waals surface area contributed by atoms with Crippen LogP contribution in [0.25, 0.3) is 0 Å². The first-order valence-corrected chi connectivity index (χ1v) is 12.9. The van der Waals surface area contributed by atoms with E-state index in [1.807, 2.05) is 0 Å². The van der Waals surface area contributed by atoms with Crippen molar-refractivity contribution in [3.8, 4) is 17.2 Å². The first-order valence-electron chi connectivity index (χ1n) is 8.31. The van der Waals surface area contributed by atoms with Crippen LogP contribution in [-0.4, -0.2) is 14.7 Å². The molecule has 22 heavy (non-hydrogen) atoms. The van der Waals surface area contributed by atoms with Gasteiger partial charge in [-0.3, -0.25) is 0 Å². The van der Waals surface area contributed by atoms with Gasteiger partial charge in [-0.1, -0.05) is 58.7 Å². The monoisotopic (exact) mass is 428 g/mol. The number of rotatable bonds is 7. The van der Waals surface area contributed by atoms with Crippen molar-refractivity contribution in [2.24, 2.45) is 5.92 Å². The molecule has 0 bridgehead atoms. The molecule has 1 unspecified atom stereocenters. The lowest BCUT2D eigenvalue weighted by Gasteiger charge is -2.16. The molecule has 1 atom stereocenters. The Balaban J connectivity index is 2.83. The zero-order valence-electron chi connectivity index (χ0n) is 14.6. The van der Waals surface area contributed by atoms with E-state index in [2.05, 4.69) is 85.7 Å². The zero-order valence-corrected chi connectivity index (χ0v) is 17.8. The third-order valence-corrected chi connectivity index (χ3v) is 5.08. The van der Waals surface area contributed by atoms with Gasteiger partial charge in [-0.05, 0) is 53.1 Å². The van der Waals surface area contributed by atoms with Gasteiger partial charge in [-0.25, -0.2) is 0 Å². The number of hydrogen-bond donors (Lipinski definition) is 0. The third-order valence-electron chi connectivity index (χ3n) is 3.53. The molecule has 1 aromatic rings. The Morgan fingerprint density at radius 3 is 2.55 bits per heavy atom. The summed E-state index contributed by atoms with van der Waals surface area (Å²) in [6.45, 7) is 12.1. The van der Waals surface area contributed by atoms with Crippen molar-refractivity contribution in [3.05, 3.63) is 27.3 Å². The predicted molar refractivity (Wildman–Crippen MR) is 108 cm³/mol. The van der Waals surface area contributed by atoms with E-state index >= 15 is 0 Å². The van der Waals surface area contributed by atoms with E-state index in [4.69, 9.17) is 4.74 Å². The average molecular weight is 428 g/mol. The molecule has 0 spiro atoms. The van der Waals surface area contributed by atoms with E-state index in [-0.39, 0.29) is 0 Å². The maximum atomic E-state index is 6.14. The Bertz CT molecular complexity index is 522. The molecule has 3 heteroatoms. The minimum Gasteiger partial charge on any atom is -0.492 e. The van der Waals surface area contributed by atoms with Crippen molar-refractivity contribution in [1.82, 2.24) is 0 Å². The highest BCUT2D eigenvalue weighted by Crippen LogP contribution is 2.23. The van der Waals surface area contributed by atoms with Crippen molar-refractivity contribution < 1.29 is 4.74 Å². The van der Waals surface area contributed by atoms with Crippen molar-refractivity contribution in [3.63, 3.8) is 0 Å². The van der Waals surface area contributed by atoms with Gasteiger partial charge in [0.2, 0.25) is 0 Å². The summed E-state index contributed by atoms with van der Waals surface area (Å²) >= 11 is 2.34. The van der Waals surface area contributed by atoms with Crippen LogP contribution in [0.3, 0.4) is 0 Å². The van der Waals surface area contributed by atoms with Gasteiger partial charge >= 0.3 is 0 Å². The molecule has 0 aromatic heterocycles. The summed E-state index contributed by atoms with van der Waals surface area (Å²) in [5.74, 6) is 4.95. The second-order valence-corrected chi connectivity index (χ2v) is 12.9. The van der Waals surface area contributed by atoms with Gasteiger partial charge in [0.1, 0.15) is 13.8 Å². The number of ether oxygens (including phenoxy) is 1. The van der Waals surface area contributed by atoms with Gasteiger partial charge in [0.15, 0.2) is 0 Å². The second kappa shape index (κ2) is 9.62. The predicted octanol–water partition coefficient (Wildman–Crippen LogP) is 6.12. The summed E-state index contributed by atoms with van der Waals surface area (Å²) < 4.78 is 7.34. The lowest BCUT2D eigenvalue weighted by Crippen LogP contribution is -2.16. The molecule has 1 aromatic carbocycles. The van der Waals surface area contributed by atoms with Crippen LogP contribution in [-0.2, 0) is 0 Å². The molecule has 0 aliphatic heterocycles. The summed E-state index contributed by atoms with van der Waals surface area (Å²) in [6.07, 6.45) is 4.98. The van der Waals surface area contributed by atoms with Crippen LogP contribution in [0.5, 0.6) is 5.75 Å². The Morgan fingerprint density at radius 1 is 1.23 bits per heavy atom. The molecule has 0 aliphatic rings. The van der Waals surface area contributed by atoms with Crippen LogP contribution in [0.15, 0.2) is 18.2 Å².